The number of nitrogens with zero attached hydrogens (tertiary/aromatic N) is 5. The number of halogens is 1. The summed E-state index contributed by atoms with van der Waals surface area (Å²) in [5.41, 5.74) is 1.97. The van der Waals surface area contributed by atoms with Gasteiger partial charge in [0.05, 0.1) is 6.54 Å². The predicted molar refractivity (Wildman–Crippen MR) is 97.5 cm³/mol. The van der Waals surface area contributed by atoms with E-state index in [2.05, 4.69) is 15.2 Å². The Kier molecular flexibility index (Phi) is 4.42. The standard InChI is InChI=1S/C19H18ClN5O/c1-13-19(26)24(11-15-6-2-3-7-16(15)20)12-18-23-22-17(25(13)18)9-14-5-4-8-21-10-14/h2-8,10,13H,9,11-12H2,1H3/t13-/m0/s1. The van der Waals surface area contributed by atoms with Crippen LogP contribution in [0, 0.1) is 0 Å². The van der Waals surface area contributed by atoms with Gasteiger partial charge in [0.2, 0.25) is 5.91 Å². The van der Waals surface area contributed by atoms with Gasteiger partial charge in [0.1, 0.15) is 11.9 Å². The van der Waals surface area contributed by atoms with Gasteiger partial charge in [-0.3, -0.25) is 9.78 Å². The van der Waals surface area contributed by atoms with E-state index in [0.717, 1.165) is 22.8 Å². The van der Waals surface area contributed by atoms with E-state index >= 15 is 0 Å². The van der Waals surface area contributed by atoms with E-state index in [1.54, 1.807) is 17.3 Å². The molecule has 4 rings (SSSR count). The maximum absolute atomic E-state index is 12.9. The van der Waals surface area contributed by atoms with E-state index in [1.165, 1.54) is 0 Å². The van der Waals surface area contributed by atoms with Crippen molar-refractivity contribution in [3.05, 3.63) is 76.6 Å². The van der Waals surface area contributed by atoms with Gasteiger partial charge in [-0.2, -0.15) is 0 Å². The average Bonchev–Trinajstić information content (AvgIpc) is 3.04. The first-order chi connectivity index (χ1) is 12.6. The Balaban J connectivity index is 1.59. The molecule has 0 aliphatic carbocycles. The van der Waals surface area contributed by atoms with E-state index in [1.807, 2.05) is 47.9 Å². The Hall–Kier alpha value is -2.73. The largest absolute Gasteiger partial charge is 0.329 e. The van der Waals surface area contributed by atoms with Crippen LogP contribution in [0.1, 0.15) is 35.7 Å². The first-order valence-electron chi connectivity index (χ1n) is 8.47. The number of amides is 1. The smallest absolute Gasteiger partial charge is 0.246 e. The summed E-state index contributed by atoms with van der Waals surface area (Å²) < 4.78 is 1.94. The molecular weight excluding hydrogens is 350 g/mol. The highest BCUT2D eigenvalue weighted by atomic mass is 35.5. The van der Waals surface area contributed by atoms with Gasteiger partial charge in [-0.1, -0.05) is 35.9 Å². The van der Waals surface area contributed by atoms with Gasteiger partial charge in [-0.25, -0.2) is 0 Å². The third-order valence-corrected chi connectivity index (χ3v) is 5.00. The highest BCUT2D eigenvalue weighted by Gasteiger charge is 2.33. The zero-order valence-electron chi connectivity index (χ0n) is 14.3. The van der Waals surface area contributed by atoms with Gasteiger partial charge < -0.3 is 9.47 Å². The first-order valence-corrected chi connectivity index (χ1v) is 8.85. The van der Waals surface area contributed by atoms with Gasteiger partial charge >= 0.3 is 0 Å². The fourth-order valence-corrected chi connectivity index (χ4v) is 3.51. The van der Waals surface area contributed by atoms with Crippen molar-refractivity contribution in [3.8, 4) is 0 Å². The van der Waals surface area contributed by atoms with Gasteiger partial charge in [0.25, 0.3) is 0 Å². The van der Waals surface area contributed by atoms with Crippen LogP contribution in [0.2, 0.25) is 5.02 Å². The molecule has 1 atom stereocenters. The van der Waals surface area contributed by atoms with Crippen LogP contribution < -0.4 is 0 Å². The minimum atomic E-state index is -0.345. The number of rotatable bonds is 4. The van der Waals surface area contributed by atoms with Crippen LogP contribution in [-0.4, -0.2) is 30.6 Å². The van der Waals surface area contributed by atoms with E-state index in [-0.39, 0.29) is 11.9 Å². The molecule has 26 heavy (non-hydrogen) atoms. The van der Waals surface area contributed by atoms with Gasteiger partial charge in [0, 0.05) is 30.4 Å². The zero-order valence-corrected chi connectivity index (χ0v) is 15.1. The predicted octanol–water partition coefficient (Wildman–Crippen LogP) is 3.02. The number of benzene rings is 1. The molecule has 1 aliphatic rings. The molecule has 3 aromatic rings. The summed E-state index contributed by atoms with van der Waals surface area (Å²) >= 11 is 6.25. The Morgan fingerprint density at radius 2 is 2.04 bits per heavy atom. The molecule has 0 unspecified atom stereocenters. The molecule has 6 nitrogen and oxygen atoms in total. The van der Waals surface area contributed by atoms with Gasteiger partial charge in [-0.05, 0) is 30.2 Å². The Labute approximate surface area is 156 Å². The lowest BCUT2D eigenvalue weighted by Crippen LogP contribution is -2.41. The van der Waals surface area contributed by atoms with Crippen molar-refractivity contribution in [3.63, 3.8) is 0 Å². The maximum atomic E-state index is 12.9. The molecule has 7 heteroatoms. The van der Waals surface area contributed by atoms with Crippen LogP contribution in [0.25, 0.3) is 0 Å². The molecule has 132 valence electrons. The minimum absolute atomic E-state index is 0.0460. The van der Waals surface area contributed by atoms with Crippen LogP contribution >= 0.6 is 11.6 Å². The molecule has 1 amide bonds. The minimum Gasteiger partial charge on any atom is -0.329 e. The molecule has 2 aromatic heterocycles. The van der Waals surface area contributed by atoms with Crippen molar-refractivity contribution in [2.24, 2.45) is 0 Å². The summed E-state index contributed by atoms with van der Waals surface area (Å²) in [7, 11) is 0. The molecule has 0 spiro atoms. The molecule has 0 bridgehead atoms. The lowest BCUT2D eigenvalue weighted by molar-refractivity contribution is -0.137. The summed E-state index contributed by atoms with van der Waals surface area (Å²) in [5, 5.41) is 9.30. The molecule has 0 saturated heterocycles. The number of carbonyl (C=O) groups excluding carboxylic acids is 1. The summed E-state index contributed by atoms with van der Waals surface area (Å²) in [5.74, 6) is 1.62. The van der Waals surface area contributed by atoms with Gasteiger partial charge in [0.15, 0.2) is 5.82 Å². The van der Waals surface area contributed by atoms with E-state index in [0.29, 0.717) is 24.5 Å². The fourth-order valence-electron chi connectivity index (χ4n) is 3.31. The van der Waals surface area contributed by atoms with Crippen molar-refractivity contribution >= 4 is 17.5 Å². The van der Waals surface area contributed by atoms with Crippen molar-refractivity contribution in [1.82, 2.24) is 24.6 Å². The summed E-state index contributed by atoms with van der Waals surface area (Å²) in [6.07, 6.45) is 4.14. The Bertz CT molecular complexity index is 940. The molecule has 0 radical (unpaired) electrons. The number of pyridine rings is 1. The van der Waals surface area contributed by atoms with Crippen LogP contribution in [0.15, 0.2) is 48.8 Å². The van der Waals surface area contributed by atoms with Crippen molar-refractivity contribution < 1.29 is 4.79 Å². The van der Waals surface area contributed by atoms with E-state index < -0.39 is 0 Å². The van der Waals surface area contributed by atoms with Crippen molar-refractivity contribution in [1.29, 1.82) is 0 Å². The second-order valence-electron chi connectivity index (χ2n) is 6.40. The number of hydrogen-bond donors (Lipinski definition) is 0. The topological polar surface area (TPSA) is 63.9 Å². The number of aromatic nitrogens is 4. The normalized spacial score (nSPS) is 16.6. The summed E-state index contributed by atoms with van der Waals surface area (Å²) in [6, 6.07) is 11.1. The third-order valence-electron chi connectivity index (χ3n) is 4.63. The van der Waals surface area contributed by atoms with Crippen molar-refractivity contribution in [2.75, 3.05) is 0 Å². The fraction of sp³-hybridized carbons (Fsp3) is 0.263. The molecule has 0 saturated carbocycles. The van der Waals surface area contributed by atoms with E-state index in [9.17, 15) is 4.79 Å². The van der Waals surface area contributed by atoms with Crippen LogP contribution in [0.3, 0.4) is 0 Å². The number of hydrogen-bond acceptors (Lipinski definition) is 4. The van der Waals surface area contributed by atoms with Crippen LogP contribution in [0.4, 0.5) is 0 Å². The summed E-state index contributed by atoms with van der Waals surface area (Å²) in [6.45, 7) is 2.78. The average molecular weight is 368 g/mol. The number of carbonyl (C=O) groups is 1. The number of fused-ring (bicyclic) bond motifs is 1. The zero-order chi connectivity index (χ0) is 18.1. The van der Waals surface area contributed by atoms with Crippen molar-refractivity contribution in [2.45, 2.75) is 32.5 Å². The monoisotopic (exact) mass is 367 g/mol. The SMILES string of the molecule is C[C@H]1C(=O)N(Cc2ccccc2Cl)Cc2nnc(Cc3cccnc3)n21. The second kappa shape index (κ2) is 6.88. The Morgan fingerprint density at radius 1 is 1.19 bits per heavy atom. The molecule has 0 N–H and O–H groups in total. The summed E-state index contributed by atoms with van der Waals surface area (Å²) in [4.78, 5) is 18.8. The lowest BCUT2D eigenvalue weighted by Gasteiger charge is -2.32. The first kappa shape index (κ1) is 16.7. The highest BCUT2D eigenvalue weighted by molar-refractivity contribution is 6.31. The molecule has 3 heterocycles. The Morgan fingerprint density at radius 3 is 2.81 bits per heavy atom. The van der Waals surface area contributed by atoms with Gasteiger partial charge in [-0.15, -0.1) is 10.2 Å². The van der Waals surface area contributed by atoms with Crippen LogP contribution in [-0.2, 0) is 24.3 Å². The maximum Gasteiger partial charge on any atom is 0.246 e. The second-order valence-corrected chi connectivity index (χ2v) is 6.81. The third kappa shape index (κ3) is 3.08. The molecule has 1 aromatic carbocycles. The molecule has 1 aliphatic heterocycles. The molecular formula is C19H18ClN5O. The van der Waals surface area contributed by atoms with E-state index in [4.69, 9.17) is 11.6 Å². The van der Waals surface area contributed by atoms with Crippen LogP contribution in [0.5, 0.6) is 0 Å². The quantitative estimate of drug-likeness (QED) is 0.711. The lowest BCUT2D eigenvalue weighted by atomic mass is 10.1. The highest BCUT2D eigenvalue weighted by Crippen LogP contribution is 2.26. The molecule has 0 fully saturated rings.